The van der Waals surface area contributed by atoms with Crippen molar-refractivity contribution in [3.8, 4) is 5.75 Å². The molecule has 0 heterocycles. The van der Waals surface area contributed by atoms with Gasteiger partial charge in [0.2, 0.25) is 17.7 Å². The Bertz CT molecular complexity index is 906. The highest BCUT2D eigenvalue weighted by Gasteiger charge is 2.30. The fourth-order valence-electron chi connectivity index (χ4n) is 3.96. The van der Waals surface area contributed by atoms with Crippen molar-refractivity contribution < 1.29 is 29.4 Å². The summed E-state index contributed by atoms with van der Waals surface area (Å²) >= 11 is 0. The van der Waals surface area contributed by atoms with E-state index in [1.54, 1.807) is 12.1 Å². The predicted molar refractivity (Wildman–Crippen MR) is 145 cm³/mol. The molecule has 0 spiro atoms. The highest BCUT2D eigenvalue weighted by Crippen LogP contribution is 2.12. The number of phenolic OH excluding ortho intramolecular Hbond substituents is 1. The van der Waals surface area contributed by atoms with Crippen molar-refractivity contribution in [1.29, 1.82) is 0 Å². The number of nitrogens with one attached hydrogen (secondary N) is 3. The van der Waals surface area contributed by atoms with Crippen molar-refractivity contribution in [1.82, 2.24) is 16.0 Å². The number of nitrogens with two attached hydrogens (primary N) is 2. The number of carbonyl (C=O) groups is 4. The van der Waals surface area contributed by atoms with Crippen LogP contribution < -0.4 is 27.4 Å². The second kappa shape index (κ2) is 16.6. The molecule has 0 aromatic heterocycles. The molecule has 11 nitrogen and oxygen atoms in total. The summed E-state index contributed by atoms with van der Waals surface area (Å²) in [5.74, 6) is -2.62. The number of hydrogen-bond acceptors (Lipinski definition) is 7. The molecule has 1 aromatic carbocycles. The molecule has 3 amide bonds. The summed E-state index contributed by atoms with van der Waals surface area (Å²) in [5.41, 5.74) is 12.4. The monoisotopic (exact) mass is 535 g/mol. The minimum atomic E-state index is -1.15. The van der Waals surface area contributed by atoms with Gasteiger partial charge in [-0.15, -0.1) is 0 Å². The Morgan fingerprint density at radius 2 is 1.29 bits per heavy atom. The van der Waals surface area contributed by atoms with Gasteiger partial charge in [-0.2, -0.15) is 0 Å². The fraction of sp³-hybridized carbons (Fsp3) is 0.630. The smallest absolute Gasteiger partial charge is 0.326 e. The average Bonchev–Trinajstić information content (AvgIpc) is 2.83. The van der Waals surface area contributed by atoms with E-state index in [0.717, 1.165) is 5.56 Å². The van der Waals surface area contributed by atoms with Crippen molar-refractivity contribution in [2.75, 3.05) is 6.54 Å². The van der Waals surface area contributed by atoms with Crippen LogP contribution in [-0.4, -0.2) is 64.6 Å². The van der Waals surface area contributed by atoms with Crippen LogP contribution in [0.3, 0.4) is 0 Å². The molecule has 1 rings (SSSR count). The number of carboxylic acid groups (broad SMARTS) is 1. The van der Waals surface area contributed by atoms with Crippen molar-refractivity contribution in [3.63, 3.8) is 0 Å². The molecule has 0 radical (unpaired) electrons. The molecule has 4 unspecified atom stereocenters. The molecule has 0 aliphatic carbocycles. The standard InChI is InChI=1S/C27H45N5O6/c1-16(2)13-22(31-24(34)20(29)15-18-8-10-19(33)11-9-18)26(36)30-21(7-5-6-12-28)25(35)32-23(27(37)38)14-17(3)4/h8-11,16-17,20-23,33H,5-7,12-15,28-29H2,1-4H3,(H,30,36)(H,31,34)(H,32,35)(H,37,38). The Morgan fingerprint density at radius 3 is 1.82 bits per heavy atom. The zero-order chi connectivity index (χ0) is 28.8. The van der Waals surface area contributed by atoms with Gasteiger partial charge in [-0.1, -0.05) is 39.8 Å². The highest BCUT2D eigenvalue weighted by atomic mass is 16.4. The number of phenols is 1. The van der Waals surface area contributed by atoms with Gasteiger partial charge >= 0.3 is 5.97 Å². The molecule has 0 fully saturated rings. The molecule has 11 heteroatoms. The topological polar surface area (TPSA) is 197 Å². The van der Waals surface area contributed by atoms with Crippen LogP contribution in [-0.2, 0) is 25.6 Å². The van der Waals surface area contributed by atoms with Crippen molar-refractivity contribution in [2.45, 2.75) is 90.4 Å². The third kappa shape index (κ3) is 12.4. The maximum atomic E-state index is 13.3. The summed E-state index contributed by atoms with van der Waals surface area (Å²) in [6.07, 6.45) is 2.22. The molecular weight excluding hydrogens is 490 g/mol. The first-order chi connectivity index (χ1) is 17.8. The van der Waals surface area contributed by atoms with Gasteiger partial charge in [0.1, 0.15) is 23.9 Å². The molecule has 4 atom stereocenters. The van der Waals surface area contributed by atoms with E-state index >= 15 is 0 Å². The maximum absolute atomic E-state index is 13.3. The Hall–Kier alpha value is -3.18. The van der Waals surface area contributed by atoms with E-state index in [0.29, 0.717) is 25.8 Å². The molecule has 0 saturated heterocycles. The van der Waals surface area contributed by atoms with Gasteiger partial charge in [0.15, 0.2) is 0 Å². The van der Waals surface area contributed by atoms with Gasteiger partial charge in [0.05, 0.1) is 6.04 Å². The molecule has 0 bridgehead atoms. The number of amides is 3. The first kappa shape index (κ1) is 32.8. The van der Waals surface area contributed by atoms with Crippen LogP contribution in [0.4, 0.5) is 0 Å². The largest absolute Gasteiger partial charge is 0.508 e. The Labute approximate surface area is 225 Å². The Balaban J connectivity index is 2.97. The maximum Gasteiger partial charge on any atom is 0.326 e. The number of unbranched alkanes of at least 4 members (excludes halogenated alkanes) is 1. The van der Waals surface area contributed by atoms with Crippen LogP contribution >= 0.6 is 0 Å². The lowest BCUT2D eigenvalue weighted by Gasteiger charge is -2.26. The predicted octanol–water partition coefficient (Wildman–Crippen LogP) is 1.02. The van der Waals surface area contributed by atoms with Crippen LogP contribution in [0.5, 0.6) is 5.75 Å². The van der Waals surface area contributed by atoms with Gasteiger partial charge in [-0.3, -0.25) is 14.4 Å². The molecule has 0 saturated carbocycles. The fourth-order valence-corrected chi connectivity index (χ4v) is 3.96. The van der Waals surface area contributed by atoms with E-state index in [9.17, 15) is 29.4 Å². The van der Waals surface area contributed by atoms with Crippen molar-refractivity contribution >= 4 is 23.7 Å². The lowest BCUT2D eigenvalue weighted by atomic mass is 10.00. The van der Waals surface area contributed by atoms with E-state index in [-0.39, 0.29) is 36.8 Å². The minimum Gasteiger partial charge on any atom is -0.508 e. The van der Waals surface area contributed by atoms with Gasteiger partial charge in [-0.05, 0) is 74.6 Å². The first-order valence-electron chi connectivity index (χ1n) is 13.2. The summed E-state index contributed by atoms with van der Waals surface area (Å²) in [5, 5.41) is 26.9. The zero-order valence-electron chi connectivity index (χ0n) is 22.9. The number of benzene rings is 1. The van der Waals surface area contributed by atoms with Crippen LogP contribution in [0, 0.1) is 11.8 Å². The van der Waals surface area contributed by atoms with Crippen LogP contribution in [0.25, 0.3) is 0 Å². The quantitative estimate of drug-likeness (QED) is 0.143. The summed E-state index contributed by atoms with van der Waals surface area (Å²) in [7, 11) is 0. The Kier molecular flexibility index (Phi) is 14.4. The number of hydrogen-bond donors (Lipinski definition) is 7. The van der Waals surface area contributed by atoms with Gasteiger partial charge in [-0.25, -0.2) is 4.79 Å². The first-order valence-corrected chi connectivity index (χ1v) is 13.2. The lowest BCUT2D eigenvalue weighted by molar-refractivity contribution is -0.142. The summed E-state index contributed by atoms with van der Waals surface area (Å²) < 4.78 is 0. The van der Waals surface area contributed by atoms with Gasteiger partial charge in [0, 0.05) is 0 Å². The Morgan fingerprint density at radius 1 is 0.789 bits per heavy atom. The molecule has 0 aliphatic rings. The number of aliphatic carboxylic acids is 1. The van der Waals surface area contributed by atoms with Gasteiger partial charge < -0.3 is 37.6 Å². The van der Waals surface area contributed by atoms with E-state index in [1.807, 2.05) is 27.7 Å². The van der Waals surface area contributed by atoms with E-state index in [4.69, 9.17) is 11.5 Å². The van der Waals surface area contributed by atoms with E-state index in [1.165, 1.54) is 12.1 Å². The SMILES string of the molecule is CC(C)CC(NC(=O)C(CCCCN)NC(=O)C(CC(C)C)NC(=O)C(N)Cc1ccc(O)cc1)C(=O)O. The van der Waals surface area contributed by atoms with Crippen molar-refractivity contribution in [2.24, 2.45) is 23.3 Å². The molecular formula is C27H45N5O6. The molecule has 9 N–H and O–H groups in total. The number of carboxylic acids is 1. The van der Waals surface area contributed by atoms with Crippen LogP contribution in [0.1, 0.15) is 65.4 Å². The van der Waals surface area contributed by atoms with Crippen LogP contribution in [0.15, 0.2) is 24.3 Å². The second-order valence-corrected chi connectivity index (χ2v) is 10.5. The number of carbonyl (C=O) groups excluding carboxylic acids is 3. The third-order valence-electron chi connectivity index (χ3n) is 5.97. The van der Waals surface area contributed by atoms with Crippen molar-refractivity contribution in [3.05, 3.63) is 29.8 Å². The number of aromatic hydroxyl groups is 1. The summed E-state index contributed by atoms with van der Waals surface area (Å²) in [6.45, 7) is 7.93. The summed E-state index contributed by atoms with van der Waals surface area (Å²) in [6, 6.07) is 2.38. The molecule has 0 aliphatic heterocycles. The number of rotatable bonds is 17. The second-order valence-electron chi connectivity index (χ2n) is 10.5. The van der Waals surface area contributed by atoms with Crippen LogP contribution in [0.2, 0.25) is 0 Å². The normalized spacial score (nSPS) is 14.4. The molecule has 38 heavy (non-hydrogen) atoms. The molecule has 214 valence electrons. The van der Waals surface area contributed by atoms with Gasteiger partial charge in [0.25, 0.3) is 0 Å². The zero-order valence-corrected chi connectivity index (χ0v) is 22.9. The highest BCUT2D eigenvalue weighted by molar-refractivity contribution is 5.94. The van der Waals surface area contributed by atoms with E-state index < -0.39 is 47.9 Å². The third-order valence-corrected chi connectivity index (χ3v) is 5.97. The molecule has 1 aromatic rings. The summed E-state index contributed by atoms with van der Waals surface area (Å²) in [4.78, 5) is 50.8. The average molecular weight is 536 g/mol. The van der Waals surface area contributed by atoms with E-state index in [2.05, 4.69) is 16.0 Å². The minimum absolute atomic E-state index is 0.0399. The lowest BCUT2D eigenvalue weighted by Crippen LogP contribution is -2.57.